The van der Waals surface area contributed by atoms with Crippen LogP contribution >= 0.6 is 0 Å². The van der Waals surface area contributed by atoms with E-state index in [1.165, 1.54) is 16.4 Å². The second kappa shape index (κ2) is 7.19. The number of nitrogens with zero attached hydrogens (tertiary/aromatic N) is 4. The lowest BCUT2D eigenvalue weighted by atomic mass is 10.2. The van der Waals surface area contributed by atoms with E-state index in [4.69, 9.17) is 0 Å². The van der Waals surface area contributed by atoms with E-state index in [1.54, 1.807) is 18.2 Å². The Morgan fingerprint density at radius 2 is 1.78 bits per heavy atom. The van der Waals surface area contributed by atoms with Crippen LogP contribution in [0.4, 0.5) is 20.2 Å². The molecule has 0 amide bonds. The molecule has 27 heavy (non-hydrogen) atoms. The minimum Gasteiger partial charge on any atom is -0.296 e. The molecule has 0 bridgehead atoms. The standard InChI is InChI=1S/C17H16F2N4O2S2/c18-13-5-4-12(10-14(13)19)11-22-6-8-23(9-7-22)27(24,25)16-3-1-2-15-17(16)21-26-20-15/h1-5,10H,6-9,11H2. The van der Waals surface area contributed by atoms with E-state index in [-0.39, 0.29) is 4.90 Å². The number of benzene rings is 2. The molecule has 10 heteroatoms. The Hall–Kier alpha value is -2.01. The zero-order chi connectivity index (χ0) is 19.0. The third-order valence-corrected chi connectivity index (χ3v) is 7.06. The topological polar surface area (TPSA) is 65.3 Å². The lowest BCUT2D eigenvalue weighted by molar-refractivity contribution is 0.181. The number of halogens is 2. The second-order valence-corrected chi connectivity index (χ2v) is 8.75. The van der Waals surface area contributed by atoms with E-state index in [0.717, 1.165) is 17.4 Å². The molecule has 0 aliphatic carbocycles. The van der Waals surface area contributed by atoms with Crippen LogP contribution in [0.5, 0.6) is 0 Å². The molecule has 1 fully saturated rings. The number of rotatable bonds is 4. The number of hydrogen-bond acceptors (Lipinski definition) is 5. The molecule has 2 aromatic rings. The molecular weight excluding hydrogens is 394 g/mol. The zero-order valence-corrected chi connectivity index (χ0v) is 15.8. The van der Waals surface area contributed by atoms with Crippen molar-refractivity contribution < 1.29 is 17.2 Å². The van der Waals surface area contributed by atoms with Crippen LogP contribution in [0.3, 0.4) is 0 Å². The largest absolute Gasteiger partial charge is 0.296 e. The van der Waals surface area contributed by atoms with Gasteiger partial charge < -0.3 is 0 Å². The van der Waals surface area contributed by atoms with Gasteiger partial charge in [-0.25, -0.2) is 17.2 Å². The SMILES string of the molecule is O=S(=O)(c1cccc2c1N=S=N2)N1CCN(Cc2ccc(F)c(F)c2)CC1. The number of piperazine rings is 1. The Labute approximate surface area is 159 Å². The third kappa shape index (κ3) is 3.57. The molecule has 0 aromatic heterocycles. The van der Waals surface area contributed by atoms with Gasteiger partial charge in [-0.3, -0.25) is 4.90 Å². The average Bonchev–Trinajstić information content (AvgIpc) is 3.14. The van der Waals surface area contributed by atoms with Crippen LogP contribution in [0.1, 0.15) is 5.56 Å². The van der Waals surface area contributed by atoms with E-state index in [9.17, 15) is 17.2 Å². The second-order valence-electron chi connectivity index (χ2n) is 6.32. The van der Waals surface area contributed by atoms with E-state index >= 15 is 0 Å². The summed E-state index contributed by atoms with van der Waals surface area (Å²) in [5.41, 5.74) is 1.62. The van der Waals surface area contributed by atoms with Crippen molar-refractivity contribution in [3.05, 3.63) is 53.6 Å². The first kappa shape index (κ1) is 18.4. The highest BCUT2D eigenvalue weighted by Crippen LogP contribution is 2.38. The lowest BCUT2D eigenvalue weighted by Gasteiger charge is -2.34. The molecule has 6 nitrogen and oxygen atoms in total. The fourth-order valence-corrected chi connectivity index (χ4v) is 5.33. The quantitative estimate of drug-likeness (QED) is 0.664. The minimum absolute atomic E-state index is 0.169. The summed E-state index contributed by atoms with van der Waals surface area (Å²) < 4.78 is 62.0. The molecule has 0 radical (unpaired) electrons. The maximum absolute atomic E-state index is 13.3. The summed E-state index contributed by atoms with van der Waals surface area (Å²) in [5.74, 6) is -1.75. The number of fused-ring (bicyclic) bond motifs is 1. The Balaban J connectivity index is 1.45. The molecular formula is C17H16F2N4O2S2. The van der Waals surface area contributed by atoms with E-state index in [2.05, 4.69) is 8.73 Å². The Morgan fingerprint density at radius 3 is 2.52 bits per heavy atom. The van der Waals surface area contributed by atoms with Crippen molar-refractivity contribution >= 4 is 32.8 Å². The van der Waals surface area contributed by atoms with Gasteiger partial charge in [-0.1, -0.05) is 12.1 Å². The fourth-order valence-electron chi connectivity index (χ4n) is 3.15. The smallest absolute Gasteiger partial charge is 0.245 e. The van der Waals surface area contributed by atoms with Gasteiger partial charge in [0.25, 0.3) is 0 Å². The Bertz CT molecular complexity index is 1060. The molecule has 2 aliphatic heterocycles. The summed E-state index contributed by atoms with van der Waals surface area (Å²) in [6.07, 6.45) is 0. The molecule has 0 N–H and O–H groups in total. The normalized spacial score (nSPS) is 17.7. The van der Waals surface area contributed by atoms with Gasteiger partial charge in [0.1, 0.15) is 16.3 Å². The van der Waals surface area contributed by atoms with E-state index in [1.807, 2.05) is 4.90 Å². The maximum atomic E-state index is 13.3. The van der Waals surface area contributed by atoms with Gasteiger partial charge in [0, 0.05) is 32.7 Å². The first-order chi connectivity index (χ1) is 12.9. The first-order valence-corrected chi connectivity index (χ1v) is 10.5. The maximum Gasteiger partial charge on any atom is 0.245 e. The van der Waals surface area contributed by atoms with E-state index < -0.39 is 21.7 Å². The van der Waals surface area contributed by atoms with Gasteiger partial charge in [0.05, 0.1) is 11.4 Å². The molecule has 1 saturated heterocycles. The molecule has 4 rings (SSSR count). The fraction of sp³-hybridized carbons (Fsp3) is 0.294. The predicted molar refractivity (Wildman–Crippen MR) is 98.4 cm³/mol. The summed E-state index contributed by atoms with van der Waals surface area (Å²) in [6.45, 7) is 2.09. The van der Waals surface area contributed by atoms with Crippen LogP contribution < -0.4 is 0 Å². The van der Waals surface area contributed by atoms with Gasteiger partial charge >= 0.3 is 0 Å². The van der Waals surface area contributed by atoms with Crippen LogP contribution in [-0.2, 0) is 27.9 Å². The van der Waals surface area contributed by atoms with Crippen molar-refractivity contribution in [3.63, 3.8) is 0 Å². The van der Waals surface area contributed by atoms with Crippen LogP contribution in [0.25, 0.3) is 0 Å². The molecule has 2 heterocycles. The lowest BCUT2D eigenvalue weighted by Crippen LogP contribution is -2.48. The minimum atomic E-state index is -3.67. The predicted octanol–water partition coefficient (Wildman–Crippen LogP) is 3.20. The molecule has 142 valence electrons. The van der Waals surface area contributed by atoms with Crippen molar-refractivity contribution in [3.8, 4) is 0 Å². The molecule has 0 saturated carbocycles. The third-order valence-electron chi connectivity index (χ3n) is 4.59. The Morgan fingerprint density at radius 1 is 1.00 bits per heavy atom. The summed E-state index contributed by atoms with van der Waals surface area (Å²) >= 11 is 0.985. The van der Waals surface area contributed by atoms with Gasteiger partial charge in [-0.15, -0.1) is 0 Å². The summed E-state index contributed by atoms with van der Waals surface area (Å²) in [7, 11) is -3.67. The molecule has 2 aromatic carbocycles. The molecule has 2 aliphatic rings. The van der Waals surface area contributed by atoms with Gasteiger partial charge in [-0.05, 0) is 29.8 Å². The van der Waals surface area contributed by atoms with Crippen LogP contribution in [-0.4, -0.2) is 43.8 Å². The molecule has 0 atom stereocenters. The molecule has 0 spiro atoms. The Kier molecular flexibility index (Phi) is 4.89. The highest BCUT2D eigenvalue weighted by Gasteiger charge is 2.31. The van der Waals surface area contributed by atoms with Crippen LogP contribution in [0.15, 0.2) is 50.0 Å². The van der Waals surface area contributed by atoms with Crippen molar-refractivity contribution in [1.29, 1.82) is 0 Å². The summed E-state index contributed by atoms with van der Waals surface area (Å²) in [6, 6.07) is 8.76. The van der Waals surface area contributed by atoms with Gasteiger partial charge in [-0.2, -0.15) is 13.0 Å². The highest BCUT2D eigenvalue weighted by molar-refractivity contribution is 7.89. The highest BCUT2D eigenvalue weighted by atomic mass is 32.2. The van der Waals surface area contributed by atoms with Gasteiger partial charge in [0.2, 0.25) is 10.0 Å². The average molecular weight is 410 g/mol. The number of hydrogen-bond donors (Lipinski definition) is 0. The van der Waals surface area contributed by atoms with Crippen LogP contribution in [0.2, 0.25) is 0 Å². The summed E-state index contributed by atoms with van der Waals surface area (Å²) in [4.78, 5) is 2.19. The first-order valence-electron chi connectivity index (χ1n) is 8.33. The molecule has 0 unspecified atom stereocenters. The zero-order valence-electron chi connectivity index (χ0n) is 14.2. The monoisotopic (exact) mass is 410 g/mol. The number of sulfonamides is 1. The van der Waals surface area contributed by atoms with Crippen molar-refractivity contribution in [2.75, 3.05) is 26.2 Å². The van der Waals surface area contributed by atoms with Crippen molar-refractivity contribution in [2.45, 2.75) is 11.4 Å². The van der Waals surface area contributed by atoms with E-state index in [0.29, 0.717) is 49.7 Å². The van der Waals surface area contributed by atoms with Gasteiger partial charge in [0.15, 0.2) is 11.6 Å². The van der Waals surface area contributed by atoms with Crippen LogP contribution in [0, 0.1) is 11.6 Å². The summed E-state index contributed by atoms with van der Waals surface area (Å²) in [5, 5.41) is 0. The van der Waals surface area contributed by atoms with Crippen molar-refractivity contribution in [1.82, 2.24) is 9.21 Å². The van der Waals surface area contributed by atoms with Crippen molar-refractivity contribution in [2.24, 2.45) is 8.73 Å².